The van der Waals surface area contributed by atoms with Crippen molar-refractivity contribution in [1.82, 2.24) is 9.97 Å². The van der Waals surface area contributed by atoms with Gasteiger partial charge in [0.15, 0.2) is 0 Å². The molecule has 1 aromatic carbocycles. The summed E-state index contributed by atoms with van der Waals surface area (Å²) in [7, 11) is 0. The third kappa shape index (κ3) is 3.07. The normalized spacial score (nSPS) is 11.7. The molecule has 1 heterocycles. The Kier molecular flexibility index (Phi) is 4.16. The lowest BCUT2D eigenvalue weighted by atomic mass is 10.2. The molecule has 0 atom stereocenters. The first-order chi connectivity index (χ1) is 10.3. The number of nitrogens with zero attached hydrogens (tertiary/aromatic N) is 1. The molecule has 6 nitrogen and oxygen atoms in total. The van der Waals surface area contributed by atoms with Gasteiger partial charge < -0.3 is 20.2 Å². The monoisotopic (exact) mass is 316 g/mol. The molecule has 2 rings (SSSR count). The van der Waals surface area contributed by atoms with Gasteiger partial charge in [0.2, 0.25) is 0 Å². The number of imidazole rings is 1. The maximum absolute atomic E-state index is 12.5. The van der Waals surface area contributed by atoms with Gasteiger partial charge in [0.25, 0.3) is 0 Å². The molecule has 22 heavy (non-hydrogen) atoms. The highest BCUT2D eigenvalue weighted by Crippen LogP contribution is 2.31. The number of halogens is 3. The number of hydrogen-bond donors (Lipinski definition) is 3. The highest BCUT2D eigenvalue weighted by molar-refractivity contribution is 6.00. The van der Waals surface area contributed by atoms with E-state index >= 15 is 0 Å². The van der Waals surface area contributed by atoms with Crippen LogP contribution in [0.25, 0.3) is 11.0 Å². The zero-order valence-electron chi connectivity index (χ0n) is 12.0. The van der Waals surface area contributed by atoms with Gasteiger partial charge in [-0.25, -0.2) is 4.79 Å². The minimum atomic E-state index is -4.99. The number of nitrogens with one attached hydrogen (secondary N) is 3. The number of alkyl halides is 3. The predicted octanol–water partition coefficient (Wildman–Crippen LogP) is 2.20. The summed E-state index contributed by atoms with van der Waals surface area (Å²) in [6.45, 7) is 4.74. The predicted molar refractivity (Wildman–Crippen MR) is 77.2 cm³/mol. The van der Waals surface area contributed by atoms with Crippen LogP contribution in [0.1, 0.15) is 13.8 Å². The molecule has 0 saturated heterocycles. The van der Waals surface area contributed by atoms with E-state index in [0.717, 1.165) is 0 Å². The van der Waals surface area contributed by atoms with Crippen molar-refractivity contribution in [2.75, 3.05) is 23.3 Å². The molecule has 0 aliphatic rings. The second-order valence-electron chi connectivity index (χ2n) is 4.62. The molecule has 1 aromatic heterocycles. The fourth-order valence-corrected chi connectivity index (χ4v) is 2.19. The second-order valence-corrected chi connectivity index (χ2v) is 4.62. The molecular formula is C13H15F3N4O2. The van der Waals surface area contributed by atoms with Crippen molar-refractivity contribution in [1.29, 1.82) is 0 Å². The van der Waals surface area contributed by atoms with Crippen molar-refractivity contribution in [3.8, 4) is 0 Å². The quantitative estimate of drug-likeness (QED) is 0.809. The molecule has 0 aliphatic heterocycles. The molecule has 1 amide bonds. The van der Waals surface area contributed by atoms with Gasteiger partial charge in [0, 0.05) is 13.1 Å². The largest absolute Gasteiger partial charge is 0.471 e. The number of carbonyl (C=O) groups excluding carboxylic acids is 1. The molecule has 2 aromatic rings. The number of aromatic amines is 2. The topological polar surface area (TPSA) is 81.0 Å². The third-order valence-corrected chi connectivity index (χ3v) is 3.24. The van der Waals surface area contributed by atoms with Gasteiger partial charge >= 0.3 is 17.8 Å². The summed E-state index contributed by atoms with van der Waals surface area (Å²) in [5.41, 5.74) is 0.703. The number of fused-ring (bicyclic) bond motifs is 1. The molecule has 0 bridgehead atoms. The minimum Gasteiger partial charge on any atom is -0.370 e. The summed E-state index contributed by atoms with van der Waals surface area (Å²) in [5.74, 6) is -2.06. The molecule has 9 heteroatoms. The van der Waals surface area contributed by atoms with Gasteiger partial charge in [0.1, 0.15) is 0 Å². The van der Waals surface area contributed by atoms with Gasteiger partial charge in [-0.05, 0) is 26.0 Å². The van der Waals surface area contributed by atoms with E-state index in [1.54, 1.807) is 4.90 Å². The first-order valence-corrected chi connectivity index (χ1v) is 6.65. The lowest BCUT2D eigenvalue weighted by molar-refractivity contribution is -0.167. The molecule has 0 unspecified atom stereocenters. The molecule has 0 spiro atoms. The van der Waals surface area contributed by atoms with Crippen LogP contribution in [0.5, 0.6) is 0 Å². The second kappa shape index (κ2) is 5.74. The van der Waals surface area contributed by atoms with E-state index in [-0.39, 0.29) is 5.69 Å². The van der Waals surface area contributed by atoms with Crippen LogP contribution in [0.15, 0.2) is 16.9 Å². The van der Waals surface area contributed by atoms with Gasteiger partial charge in [-0.3, -0.25) is 4.79 Å². The number of anilines is 2. The van der Waals surface area contributed by atoms with Gasteiger partial charge in [-0.15, -0.1) is 0 Å². The highest BCUT2D eigenvalue weighted by Gasteiger charge is 2.39. The fourth-order valence-electron chi connectivity index (χ4n) is 2.19. The summed E-state index contributed by atoms with van der Waals surface area (Å²) in [5, 5.41) is 1.86. The van der Waals surface area contributed by atoms with Crippen LogP contribution in [0.2, 0.25) is 0 Å². The van der Waals surface area contributed by atoms with Crippen molar-refractivity contribution in [2.45, 2.75) is 20.0 Å². The molecule has 0 radical (unpaired) electrons. The number of amides is 1. The van der Waals surface area contributed by atoms with Crippen LogP contribution in [-0.4, -0.2) is 35.1 Å². The van der Waals surface area contributed by atoms with E-state index < -0.39 is 17.8 Å². The van der Waals surface area contributed by atoms with Crippen LogP contribution < -0.4 is 15.9 Å². The first-order valence-electron chi connectivity index (χ1n) is 6.65. The molecular weight excluding hydrogens is 301 g/mol. The smallest absolute Gasteiger partial charge is 0.370 e. The lowest BCUT2D eigenvalue weighted by Gasteiger charge is -2.24. The molecule has 120 valence electrons. The molecule has 0 fully saturated rings. The number of hydrogen-bond acceptors (Lipinski definition) is 3. The van der Waals surface area contributed by atoms with Crippen LogP contribution in [0.4, 0.5) is 24.5 Å². The zero-order chi connectivity index (χ0) is 16.5. The van der Waals surface area contributed by atoms with Crippen molar-refractivity contribution < 1.29 is 18.0 Å². The Morgan fingerprint density at radius 2 is 1.73 bits per heavy atom. The Morgan fingerprint density at radius 3 is 2.23 bits per heavy atom. The van der Waals surface area contributed by atoms with E-state index in [9.17, 15) is 22.8 Å². The molecule has 0 aliphatic carbocycles. The SMILES string of the molecule is CCN(CC)c1cc2[nH]c(=O)[nH]c2cc1NC(=O)C(F)(F)F. The van der Waals surface area contributed by atoms with Crippen LogP contribution >= 0.6 is 0 Å². The Morgan fingerprint density at radius 1 is 1.18 bits per heavy atom. The number of aromatic nitrogens is 2. The van der Waals surface area contributed by atoms with E-state index in [1.165, 1.54) is 12.1 Å². The average Bonchev–Trinajstić information content (AvgIpc) is 2.78. The van der Waals surface area contributed by atoms with Gasteiger partial charge in [0.05, 0.1) is 22.4 Å². The van der Waals surface area contributed by atoms with Crippen molar-refractivity contribution >= 4 is 28.3 Å². The summed E-state index contributed by atoms with van der Waals surface area (Å²) < 4.78 is 37.4. The van der Waals surface area contributed by atoms with Gasteiger partial charge in [-0.1, -0.05) is 0 Å². The molecule has 0 saturated carbocycles. The molecule has 3 N–H and O–H groups in total. The highest BCUT2D eigenvalue weighted by atomic mass is 19.4. The maximum Gasteiger partial charge on any atom is 0.471 e. The van der Waals surface area contributed by atoms with Crippen LogP contribution in [0.3, 0.4) is 0 Å². The van der Waals surface area contributed by atoms with Crippen LogP contribution in [0, 0.1) is 0 Å². The Labute approximate surface area is 123 Å². The van der Waals surface area contributed by atoms with Crippen molar-refractivity contribution in [3.63, 3.8) is 0 Å². The van der Waals surface area contributed by atoms with Crippen LogP contribution in [-0.2, 0) is 4.79 Å². The number of carbonyl (C=O) groups is 1. The minimum absolute atomic E-state index is 0.00576. The summed E-state index contributed by atoms with van der Waals surface area (Å²) >= 11 is 0. The summed E-state index contributed by atoms with van der Waals surface area (Å²) in [6.07, 6.45) is -4.99. The van der Waals surface area contributed by atoms with E-state index in [4.69, 9.17) is 0 Å². The zero-order valence-corrected chi connectivity index (χ0v) is 12.0. The van der Waals surface area contributed by atoms with E-state index in [1.807, 2.05) is 19.2 Å². The Bertz CT molecular complexity index is 744. The summed E-state index contributed by atoms with van der Waals surface area (Å²) in [4.78, 5) is 29.3. The summed E-state index contributed by atoms with van der Waals surface area (Å²) in [6, 6.07) is 2.84. The maximum atomic E-state index is 12.5. The lowest BCUT2D eigenvalue weighted by Crippen LogP contribution is -2.31. The van der Waals surface area contributed by atoms with Crippen molar-refractivity contribution in [3.05, 3.63) is 22.6 Å². The number of H-pyrrole nitrogens is 2. The van der Waals surface area contributed by atoms with Gasteiger partial charge in [-0.2, -0.15) is 13.2 Å². The standard InChI is InChI=1S/C13H15F3N4O2/c1-3-20(4-2)10-6-8-7(18-12(22)19-8)5-9(10)17-11(21)13(14,15)16/h5-6H,3-4H2,1-2H3,(H,17,21)(H2,18,19,22). The van der Waals surface area contributed by atoms with E-state index in [0.29, 0.717) is 29.8 Å². The Hall–Kier alpha value is -2.45. The number of rotatable bonds is 4. The first kappa shape index (κ1) is 15.9. The van der Waals surface area contributed by atoms with E-state index in [2.05, 4.69) is 9.97 Å². The number of benzene rings is 1. The van der Waals surface area contributed by atoms with Crippen molar-refractivity contribution in [2.24, 2.45) is 0 Å². The average molecular weight is 316 g/mol. The fraction of sp³-hybridized carbons (Fsp3) is 0.385. The third-order valence-electron chi connectivity index (χ3n) is 3.24. The Balaban J connectivity index is 2.55.